The molecule has 0 bridgehead atoms. The molecule has 5 rings (SSSR count). The van der Waals surface area contributed by atoms with Crippen LogP contribution in [0.4, 0.5) is 14.6 Å². The van der Waals surface area contributed by atoms with Crippen molar-refractivity contribution in [2.75, 3.05) is 21.2 Å². The number of aromatic nitrogens is 7. The van der Waals surface area contributed by atoms with Crippen molar-refractivity contribution in [1.29, 1.82) is 0 Å². The predicted octanol–water partition coefficient (Wildman–Crippen LogP) is 3.94. The highest BCUT2D eigenvalue weighted by molar-refractivity contribution is 6.02. The minimum absolute atomic E-state index is 0.0990. The summed E-state index contributed by atoms with van der Waals surface area (Å²) in [5, 5.41) is 9.00. The van der Waals surface area contributed by atoms with Crippen LogP contribution in [0.3, 0.4) is 0 Å². The second-order valence-corrected chi connectivity index (χ2v) is 8.49. The van der Waals surface area contributed by atoms with Crippen LogP contribution in [0.5, 0.6) is 5.88 Å². The minimum Gasteiger partial charge on any atom is -0.481 e. The fourth-order valence-corrected chi connectivity index (χ4v) is 4.05. The number of fused-ring (bicyclic) bond motifs is 1. The Labute approximate surface area is 210 Å². The van der Waals surface area contributed by atoms with Gasteiger partial charge in [0.25, 0.3) is 0 Å². The predicted molar refractivity (Wildman–Crippen MR) is 134 cm³/mol. The molecule has 4 heterocycles. The van der Waals surface area contributed by atoms with Crippen molar-refractivity contribution in [2.24, 2.45) is 4.99 Å². The van der Waals surface area contributed by atoms with Crippen molar-refractivity contribution < 1.29 is 13.5 Å². The summed E-state index contributed by atoms with van der Waals surface area (Å²) in [5.41, 5.74) is 3.89. The Bertz CT molecular complexity index is 1610. The summed E-state index contributed by atoms with van der Waals surface area (Å²) in [7, 11) is 5.31. The lowest BCUT2D eigenvalue weighted by molar-refractivity contribution is 0.398. The molecule has 0 saturated heterocycles. The number of halogens is 2. The standard InChI is InChI=1S/C25H23F2N9O/c1-15-22(16-5-8-21(37-4)28-10-16)23-24(31-14-34(2)3)29-13-30-25(23)35(15)11-18-12-36(33-32-18)20-7-6-17(26)9-19(20)27/h5-10,12-14H,11H2,1-4H3/b31-14+. The lowest BCUT2D eigenvalue weighted by Crippen LogP contribution is -2.07. The lowest BCUT2D eigenvalue weighted by Gasteiger charge is -2.07. The van der Waals surface area contributed by atoms with Crippen LogP contribution >= 0.6 is 0 Å². The Morgan fingerprint density at radius 3 is 2.65 bits per heavy atom. The van der Waals surface area contributed by atoms with Gasteiger partial charge in [0.05, 0.1) is 31.6 Å². The second kappa shape index (κ2) is 9.72. The number of hydrogen-bond acceptors (Lipinski definition) is 7. The third-order valence-electron chi connectivity index (χ3n) is 5.74. The molecule has 0 unspecified atom stereocenters. The SMILES string of the molecule is COc1ccc(-c2c(C)n(Cc3cn(-c4ccc(F)cc4F)nn3)c3ncnc(/N=C/N(C)C)c23)cn1. The molecule has 0 radical (unpaired) electrons. The first kappa shape index (κ1) is 24.0. The van der Waals surface area contributed by atoms with E-state index >= 15 is 0 Å². The van der Waals surface area contributed by atoms with E-state index in [-0.39, 0.29) is 5.69 Å². The highest BCUT2D eigenvalue weighted by atomic mass is 19.1. The van der Waals surface area contributed by atoms with E-state index < -0.39 is 11.6 Å². The monoisotopic (exact) mass is 503 g/mol. The van der Waals surface area contributed by atoms with Crippen LogP contribution < -0.4 is 4.74 Å². The van der Waals surface area contributed by atoms with E-state index in [1.54, 1.807) is 31.9 Å². The van der Waals surface area contributed by atoms with Gasteiger partial charge in [-0.15, -0.1) is 5.10 Å². The van der Waals surface area contributed by atoms with Gasteiger partial charge in [0, 0.05) is 49.2 Å². The smallest absolute Gasteiger partial charge is 0.212 e. The number of methoxy groups -OCH3 is 1. The van der Waals surface area contributed by atoms with Crippen LogP contribution in [0.1, 0.15) is 11.4 Å². The summed E-state index contributed by atoms with van der Waals surface area (Å²) in [5.74, 6) is -0.395. The third-order valence-corrected chi connectivity index (χ3v) is 5.74. The number of aliphatic imine (C=N–C) groups is 1. The van der Waals surface area contributed by atoms with Gasteiger partial charge < -0.3 is 14.2 Å². The number of rotatable bonds is 7. The maximum absolute atomic E-state index is 14.3. The highest BCUT2D eigenvalue weighted by Crippen LogP contribution is 2.38. The van der Waals surface area contributed by atoms with E-state index in [9.17, 15) is 8.78 Å². The number of benzene rings is 1. The first-order chi connectivity index (χ1) is 17.9. The highest BCUT2D eigenvalue weighted by Gasteiger charge is 2.22. The molecule has 0 atom stereocenters. The molecule has 0 fully saturated rings. The Kier molecular flexibility index (Phi) is 6.30. The van der Waals surface area contributed by atoms with Crippen LogP contribution in [0.2, 0.25) is 0 Å². The van der Waals surface area contributed by atoms with Crippen molar-refractivity contribution in [2.45, 2.75) is 13.5 Å². The van der Waals surface area contributed by atoms with Crippen LogP contribution in [0, 0.1) is 18.6 Å². The number of pyridine rings is 1. The molecule has 1 aromatic carbocycles. The maximum Gasteiger partial charge on any atom is 0.212 e. The Morgan fingerprint density at radius 2 is 1.95 bits per heavy atom. The molecule has 10 nitrogen and oxygen atoms in total. The van der Waals surface area contributed by atoms with Gasteiger partial charge in [0.1, 0.15) is 29.2 Å². The molecule has 12 heteroatoms. The Balaban J connectivity index is 1.63. The van der Waals surface area contributed by atoms with Crippen LogP contribution in [-0.4, -0.2) is 67.0 Å². The van der Waals surface area contributed by atoms with Gasteiger partial charge in [0.2, 0.25) is 5.88 Å². The summed E-state index contributed by atoms with van der Waals surface area (Å²) < 4.78 is 36.1. The average Bonchev–Trinajstić information content (AvgIpc) is 3.46. The number of hydrogen-bond donors (Lipinski definition) is 0. The lowest BCUT2D eigenvalue weighted by atomic mass is 10.1. The fourth-order valence-electron chi connectivity index (χ4n) is 4.05. The summed E-state index contributed by atoms with van der Waals surface area (Å²) in [6, 6.07) is 7.00. The van der Waals surface area contributed by atoms with Gasteiger partial charge >= 0.3 is 0 Å². The molecular formula is C25H23F2N9O. The molecule has 188 valence electrons. The Morgan fingerprint density at radius 1 is 1.11 bits per heavy atom. The Hall–Kier alpha value is -4.74. The summed E-state index contributed by atoms with van der Waals surface area (Å²) >= 11 is 0. The van der Waals surface area contributed by atoms with Crippen LogP contribution in [-0.2, 0) is 6.54 Å². The number of ether oxygens (including phenoxy) is 1. The quantitative estimate of drug-likeness (QED) is 0.245. The summed E-state index contributed by atoms with van der Waals surface area (Å²) in [4.78, 5) is 19.7. The molecule has 0 aliphatic rings. The zero-order valence-electron chi connectivity index (χ0n) is 20.6. The molecular weight excluding hydrogens is 480 g/mol. The van der Waals surface area contributed by atoms with Crippen molar-refractivity contribution in [3.63, 3.8) is 0 Å². The van der Waals surface area contributed by atoms with Gasteiger partial charge in [-0.2, -0.15) is 0 Å². The van der Waals surface area contributed by atoms with E-state index in [1.807, 2.05) is 36.6 Å². The molecule has 0 aliphatic heterocycles. The van der Waals surface area contributed by atoms with Crippen molar-refractivity contribution in [3.8, 4) is 22.7 Å². The van der Waals surface area contributed by atoms with Gasteiger partial charge in [0.15, 0.2) is 11.6 Å². The molecule has 0 amide bonds. The van der Waals surface area contributed by atoms with E-state index in [2.05, 4.69) is 30.3 Å². The van der Waals surface area contributed by atoms with E-state index in [0.717, 1.165) is 28.3 Å². The van der Waals surface area contributed by atoms with Crippen LogP contribution in [0.25, 0.3) is 27.8 Å². The van der Waals surface area contributed by atoms with E-state index in [0.29, 0.717) is 29.6 Å². The van der Waals surface area contributed by atoms with Gasteiger partial charge in [-0.1, -0.05) is 5.21 Å². The minimum atomic E-state index is -0.732. The maximum atomic E-state index is 14.3. The van der Waals surface area contributed by atoms with Crippen LogP contribution in [0.15, 0.2) is 54.0 Å². The molecule has 4 aromatic heterocycles. The summed E-state index contributed by atoms with van der Waals surface area (Å²) in [6.07, 6.45) is 6.46. The first-order valence-electron chi connectivity index (χ1n) is 11.3. The number of nitrogens with zero attached hydrogens (tertiary/aromatic N) is 9. The zero-order valence-corrected chi connectivity index (χ0v) is 20.6. The molecule has 0 spiro atoms. The zero-order chi connectivity index (χ0) is 26.1. The van der Waals surface area contributed by atoms with Crippen molar-refractivity contribution in [1.82, 2.24) is 39.4 Å². The van der Waals surface area contributed by atoms with Gasteiger partial charge in [-0.25, -0.2) is 33.4 Å². The molecule has 0 N–H and O–H groups in total. The second-order valence-electron chi connectivity index (χ2n) is 8.49. The first-order valence-corrected chi connectivity index (χ1v) is 11.3. The molecule has 5 aromatic rings. The topological polar surface area (TPSA) is 99.1 Å². The van der Waals surface area contributed by atoms with E-state index in [1.165, 1.54) is 23.1 Å². The normalized spacial score (nSPS) is 11.5. The molecule has 0 aliphatic carbocycles. The summed E-state index contributed by atoms with van der Waals surface area (Å²) in [6.45, 7) is 2.26. The molecule has 37 heavy (non-hydrogen) atoms. The largest absolute Gasteiger partial charge is 0.481 e. The van der Waals surface area contributed by atoms with Gasteiger partial charge in [-0.3, -0.25) is 0 Å². The van der Waals surface area contributed by atoms with Crippen molar-refractivity contribution >= 4 is 23.2 Å². The van der Waals surface area contributed by atoms with Crippen molar-refractivity contribution in [3.05, 3.63) is 72.1 Å². The molecule has 0 saturated carbocycles. The third kappa shape index (κ3) is 4.60. The fraction of sp³-hybridized carbons (Fsp3) is 0.200. The average molecular weight is 504 g/mol. The van der Waals surface area contributed by atoms with E-state index in [4.69, 9.17) is 4.74 Å². The van der Waals surface area contributed by atoms with Gasteiger partial charge in [-0.05, 0) is 25.1 Å².